The third kappa shape index (κ3) is 5.55. The van der Waals surface area contributed by atoms with Crippen LogP contribution >= 0.6 is 0 Å². The van der Waals surface area contributed by atoms with Crippen LogP contribution in [0.1, 0.15) is 10.4 Å². The van der Waals surface area contributed by atoms with Gasteiger partial charge in [-0.25, -0.2) is 0 Å². The van der Waals surface area contributed by atoms with Gasteiger partial charge in [-0.15, -0.1) is 0 Å². The zero-order valence-corrected chi connectivity index (χ0v) is 15.8. The lowest BCUT2D eigenvalue weighted by Crippen LogP contribution is -2.49. The van der Waals surface area contributed by atoms with E-state index in [1.807, 2.05) is 30.3 Å². The summed E-state index contributed by atoms with van der Waals surface area (Å²) in [5, 5.41) is 8.86. The Bertz CT molecular complexity index is 794. The van der Waals surface area contributed by atoms with Crippen LogP contribution in [-0.2, 0) is 9.53 Å². The van der Waals surface area contributed by atoms with Crippen LogP contribution in [-0.4, -0.2) is 72.7 Å². The number of carbonyl (C=O) groups excluding carboxylic acids is 1. The number of ether oxygens (including phenoxy) is 2. The first-order chi connectivity index (χ1) is 13.5. The smallest absolute Gasteiger partial charge is 0.317 e. The van der Waals surface area contributed by atoms with Crippen molar-refractivity contribution in [3.05, 3.63) is 60.2 Å². The van der Waals surface area contributed by atoms with Gasteiger partial charge in [-0.1, -0.05) is 18.2 Å². The maximum Gasteiger partial charge on any atom is 0.317 e. The van der Waals surface area contributed by atoms with Crippen LogP contribution in [0.2, 0.25) is 0 Å². The highest BCUT2D eigenvalue weighted by Gasteiger charge is 2.26. The average molecular weight is 384 g/mol. The van der Waals surface area contributed by atoms with Crippen molar-refractivity contribution in [2.24, 2.45) is 0 Å². The number of amides is 1. The average Bonchev–Trinajstić information content (AvgIpc) is 2.68. The predicted molar refractivity (Wildman–Crippen MR) is 104 cm³/mol. The number of aliphatic carboxylic acids is 1. The molecule has 3 rings (SSSR count). The lowest BCUT2D eigenvalue weighted by molar-refractivity contribution is -0.138. The van der Waals surface area contributed by atoms with Crippen molar-refractivity contribution in [1.82, 2.24) is 9.80 Å². The Morgan fingerprint density at radius 2 is 1.82 bits per heavy atom. The van der Waals surface area contributed by atoms with Crippen molar-refractivity contribution >= 4 is 11.9 Å². The van der Waals surface area contributed by atoms with Gasteiger partial charge in [0.1, 0.15) is 11.5 Å². The molecule has 1 atom stereocenters. The highest BCUT2D eigenvalue weighted by molar-refractivity contribution is 5.94. The van der Waals surface area contributed by atoms with Gasteiger partial charge < -0.3 is 19.5 Å². The van der Waals surface area contributed by atoms with Gasteiger partial charge in [0.25, 0.3) is 5.91 Å². The summed E-state index contributed by atoms with van der Waals surface area (Å²) < 4.78 is 11.4. The number of carboxylic acids is 1. The van der Waals surface area contributed by atoms with Gasteiger partial charge in [-0.05, 0) is 43.4 Å². The Balaban J connectivity index is 1.57. The number of benzene rings is 2. The maximum absolute atomic E-state index is 12.8. The van der Waals surface area contributed by atoms with Crippen LogP contribution in [0.3, 0.4) is 0 Å². The van der Waals surface area contributed by atoms with E-state index in [9.17, 15) is 9.59 Å². The Morgan fingerprint density at radius 3 is 2.50 bits per heavy atom. The Morgan fingerprint density at radius 1 is 1.14 bits per heavy atom. The quantitative estimate of drug-likeness (QED) is 0.789. The number of morpholine rings is 1. The summed E-state index contributed by atoms with van der Waals surface area (Å²) in [4.78, 5) is 27.0. The van der Waals surface area contributed by atoms with E-state index in [-0.39, 0.29) is 18.6 Å². The van der Waals surface area contributed by atoms with Crippen molar-refractivity contribution in [3.8, 4) is 11.5 Å². The molecular formula is C21H24N2O5. The molecule has 0 radical (unpaired) electrons. The van der Waals surface area contributed by atoms with Gasteiger partial charge in [-0.3, -0.25) is 14.5 Å². The van der Waals surface area contributed by atoms with Gasteiger partial charge >= 0.3 is 5.97 Å². The minimum atomic E-state index is -0.885. The second-order valence-corrected chi connectivity index (χ2v) is 6.77. The highest BCUT2D eigenvalue weighted by atomic mass is 16.5. The van der Waals surface area contributed by atoms with E-state index in [2.05, 4.69) is 0 Å². The second-order valence-electron chi connectivity index (χ2n) is 6.77. The molecule has 1 fully saturated rings. The van der Waals surface area contributed by atoms with Crippen LogP contribution < -0.4 is 4.74 Å². The minimum absolute atomic E-state index is 0.0588. The van der Waals surface area contributed by atoms with E-state index in [0.717, 1.165) is 5.75 Å². The number of para-hydroxylation sites is 1. The maximum atomic E-state index is 12.8. The molecule has 1 aliphatic rings. The number of nitrogens with zero attached hydrogens (tertiary/aromatic N) is 2. The largest absolute Gasteiger partial charge is 0.480 e. The highest BCUT2D eigenvalue weighted by Crippen LogP contribution is 2.22. The SMILES string of the molecule is CN(CC(=O)O)CC1CN(C(=O)c2ccc(Oc3ccccc3)cc2)CCO1. The van der Waals surface area contributed by atoms with E-state index in [1.54, 1.807) is 41.1 Å². The second kappa shape index (κ2) is 9.34. The van der Waals surface area contributed by atoms with Crippen LogP contribution in [0.25, 0.3) is 0 Å². The summed E-state index contributed by atoms with van der Waals surface area (Å²) >= 11 is 0. The molecule has 0 aromatic heterocycles. The summed E-state index contributed by atoms with van der Waals surface area (Å²) in [6.07, 6.45) is -0.206. The molecule has 1 amide bonds. The van der Waals surface area contributed by atoms with Crippen molar-refractivity contribution in [1.29, 1.82) is 0 Å². The van der Waals surface area contributed by atoms with E-state index in [4.69, 9.17) is 14.6 Å². The Labute approximate surface area is 164 Å². The Hall–Kier alpha value is -2.90. The fraction of sp³-hybridized carbons (Fsp3) is 0.333. The molecule has 1 heterocycles. The standard InChI is InChI=1S/C21H24N2O5/c1-22(15-20(24)25)13-19-14-23(11-12-27-19)21(26)16-7-9-18(10-8-16)28-17-5-3-2-4-6-17/h2-10,19H,11-15H2,1H3,(H,24,25). The molecule has 0 spiro atoms. The number of rotatable bonds is 7. The molecule has 1 unspecified atom stereocenters. The first-order valence-corrected chi connectivity index (χ1v) is 9.15. The van der Waals surface area contributed by atoms with E-state index in [0.29, 0.717) is 37.6 Å². The van der Waals surface area contributed by atoms with Gasteiger partial charge in [0.2, 0.25) is 0 Å². The zero-order chi connectivity index (χ0) is 19.9. The molecule has 2 aromatic carbocycles. The first-order valence-electron chi connectivity index (χ1n) is 9.15. The molecule has 0 aliphatic carbocycles. The topological polar surface area (TPSA) is 79.3 Å². The van der Waals surface area contributed by atoms with Crippen LogP contribution in [0.4, 0.5) is 0 Å². The number of hydrogen-bond acceptors (Lipinski definition) is 5. The molecule has 0 saturated carbocycles. The fourth-order valence-electron chi connectivity index (χ4n) is 3.13. The van der Waals surface area contributed by atoms with E-state index in [1.165, 1.54) is 0 Å². The molecule has 1 saturated heterocycles. The molecular weight excluding hydrogens is 360 g/mol. The fourth-order valence-corrected chi connectivity index (χ4v) is 3.13. The molecule has 2 aromatic rings. The van der Waals surface area contributed by atoms with Crippen molar-refractivity contribution in [2.45, 2.75) is 6.10 Å². The van der Waals surface area contributed by atoms with Crippen molar-refractivity contribution in [2.75, 3.05) is 39.8 Å². The monoisotopic (exact) mass is 384 g/mol. The van der Waals surface area contributed by atoms with Crippen LogP contribution in [0.5, 0.6) is 11.5 Å². The summed E-state index contributed by atoms with van der Waals surface area (Å²) in [5.41, 5.74) is 0.583. The summed E-state index contributed by atoms with van der Waals surface area (Å²) in [6, 6.07) is 16.5. The van der Waals surface area contributed by atoms with Gasteiger partial charge in [0, 0.05) is 25.2 Å². The molecule has 1 aliphatic heterocycles. The summed E-state index contributed by atoms with van der Waals surface area (Å²) in [6.45, 7) is 1.79. The van der Waals surface area contributed by atoms with Gasteiger partial charge in [-0.2, -0.15) is 0 Å². The third-order valence-corrected chi connectivity index (χ3v) is 4.43. The number of likely N-dealkylation sites (N-methyl/N-ethyl adjacent to an activating group) is 1. The molecule has 148 valence electrons. The number of carboxylic acid groups (broad SMARTS) is 1. The molecule has 7 heteroatoms. The molecule has 1 N–H and O–H groups in total. The lowest BCUT2D eigenvalue weighted by atomic mass is 10.1. The van der Waals surface area contributed by atoms with Crippen molar-refractivity contribution in [3.63, 3.8) is 0 Å². The predicted octanol–water partition coefficient (Wildman–Crippen LogP) is 2.34. The minimum Gasteiger partial charge on any atom is -0.480 e. The van der Waals surface area contributed by atoms with Gasteiger partial charge in [0.15, 0.2) is 0 Å². The normalized spacial score (nSPS) is 16.8. The molecule has 0 bridgehead atoms. The number of carbonyl (C=O) groups is 2. The summed E-state index contributed by atoms with van der Waals surface area (Å²) in [5.74, 6) is 0.450. The zero-order valence-electron chi connectivity index (χ0n) is 15.8. The van der Waals surface area contributed by atoms with E-state index < -0.39 is 5.97 Å². The lowest BCUT2D eigenvalue weighted by Gasteiger charge is -2.34. The molecule has 28 heavy (non-hydrogen) atoms. The van der Waals surface area contributed by atoms with Crippen LogP contribution in [0.15, 0.2) is 54.6 Å². The number of hydrogen-bond donors (Lipinski definition) is 1. The van der Waals surface area contributed by atoms with Gasteiger partial charge in [0.05, 0.1) is 19.3 Å². The van der Waals surface area contributed by atoms with Crippen molar-refractivity contribution < 1.29 is 24.2 Å². The first kappa shape index (κ1) is 19.9. The molecule has 7 nitrogen and oxygen atoms in total. The summed E-state index contributed by atoms with van der Waals surface area (Å²) in [7, 11) is 1.73. The van der Waals surface area contributed by atoms with Crippen LogP contribution in [0, 0.1) is 0 Å². The Kier molecular flexibility index (Phi) is 6.62. The third-order valence-electron chi connectivity index (χ3n) is 4.43. The van der Waals surface area contributed by atoms with E-state index >= 15 is 0 Å².